The topological polar surface area (TPSA) is 44.4 Å². The molecule has 0 bridgehead atoms. The van der Waals surface area contributed by atoms with Gasteiger partial charge in [-0.05, 0) is 32.5 Å². The minimum Gasteiger partial charge on any atom is -0.354 e. The number of para-hydroxylation sites is 1. The van der Waals surface area contributed by atoms with Crippen molar-refractivity contribution in [3.8, 4) is 0 Å². The predicted octanol–water partition coefficient (Wildman–Crippen LogP) is 0.908. The summed E-state index contributed by atoms with van der Waals surface area (Å²) in [5, 5.41) is 6.07. The van der Waals surface area contributed by atoms with Crippen molar-refractivity contribution in [2.45, 2.75) is 25.9 Å². The Hall–Kier alpha value is -1.55. The summed E-state index contributed by atoms with van der Waals surface area (Å²) in [7, 11) is 1.88. The second-order valence-corrected chi connectivity index (χ2v) is 4.86. The van der Waals surface area contributed by atoms with Crippen molar-refractivity contribution in [2.24, 2.45) is 0 Å². The molecule has 1 fully saturated rings. The Kier molecular flexibility index (Phi) is 3.87. The molecule has 1 amide bonds. The standard InChI is InChI=1S/C14H21N3O/c1-10-6-4-5-7-12(10)17-11(2)8-16-14(18)13(17)9-15-3/h4-7,11,13,15H,8-9H2,1-3H3,(H,16,18). The van der Waals surface area contributed by atoms with Gasteiger partial charge in [-0.1, -0.05) is 18.2 Å². The molecule has 4 heteroatoms. The van der Waals surface area contributed by atoms with Gasteiger partial charge in [0, 0.05) is 24.8 Å². The van der Waals surface area contributed by atoms with E-state index in [0.717, 1.165) is 5.69 Å². The van der Waals surface area contributed by atoms with Crippen LogP contribution in [0.4, 0.5) is 5.69 Å². The van der Waals surface area contributed by atoms with E-state index >= 15 is 0 Å². The molecule has 2 unspecified atom stereocenters. The average Bonchev–Trinajstić information content (AvgIpc) is 2.36. The second-order valence-electron chi connectivity index (χ2n) is 4.86. The first kappa shape index (κ1) is 12.9. The molecule has 0 aliphatic carbocycles. The van der Waals surface area contributed by atoms with E-state index in [2.05, 4.69) is 41.5 Å². The van der Waals surface area contributed by atoms with Crippen molar-refractivity contribution >= 4 is 11.6 Å². The van der Waals surface area contributed by atoms with Crippen LogP contribution < -0.4 is 15.5 Å². The number of carbonyl (C=O) groups is 1. The fourth-order valence-electron chi connectivity index (χ4n) is 2.54. The molecule has 1 aromatic carbocycles. The number of carbonyl (C=O) groups excluding carboxylic acids is 1. The molecular formula is C14H21N3O. The van der Waals surface area contributed by atoms with Crippen LogP contribution in [0.3, 0.4) is 0 Å². The first-order valence-corrected chi connectivity index (χ1v) is 6.41. The number of amides is 1. The Bertz CT molecular complexity index is 433. The molecular weight excluding hydrogens is 226 g/mol. The zero-order valence-electron chi connectivity index (χ0n) is 11.2. The molecule has 1 saturated heterocycles. The first-order valence-electron chi connectivity index (χ1n) is 6.41. The molecule has 4 nitrogen and oxygen atoms in total. The van der Waals surface area contributed by atoms with Crippen LogP contribution in [0.5, 0.6) is 0 Å². The van der Waals surface area contributed by atoms with Crippen LogP contribution in [0.1, 0.15) is 12.5 Å². The Morgan fingerprint density at radius 1 is 1.44 bits per heavy atom. The Labute approximate surface area is 108 Å². The third kappa shape index (κ3) is 2.34. The SMILES string of the molecule is CNCC1C(=O)NCC(C)N1c1ccccc1C. The Morgan fingerprint density at radius 2 is 2.17 bits per heavy atom. The molecule has 1 aliphatic heterocycles. The maximum atomic E-state index is 12.0. The van der Waals surface area contributed by atoms with Crippen molar-refractivity contribution < 1.29 is 4.79 Å². The largest absolute Gasteiger partial charge is 0.354 e. The van der Waals surface area contributed by atoms with Crippen LogP contribution in [-0.2, 0) is 4.79 Å². The fourth-order valence-corrected chi connectivity index (χ4v) is 2.54. The van der Waals surface area contributed by atoms with Gasteiger partial charge >= 0.3 is 0 Å². The highest BCUT2D eigenvalue weighted by Gasteiger charge is 2.34. The number of anilines is 1. The van der Waals surface area contributed by atoms with E-state index in [-0.39, 0.29) is 11.9 Å². The smallest absolute Gasteiger partial charge is 0.244 e. The number of hydrogen-bond donors (Lipinski definition) is 2. The van der Waals surface area contributed by atoms with Gasteiger partial charge < -0.3 is 15.5 Å². The highest BCUT2D eigenvalue weighted by atomic mass is 16.2. The third-order valence-corrected chi connectivity index (χ3v) is 3.48. The molecule has 18 heavy (non-hydrogen) atoms. The minimum atomic E-state index is -0.139. The van der Waals surface area contributed by atoms with Crippen molar-refractivity contribution in [3.63, 3.8) is 0 Å². The summed E-state index contributed by atoms with van der Waals surface area (Å²) in [4.78, 5) is 14.3. The number of rotatable bonds is 3. The Morgan fingerprint density at radius 3 is 2.83 bits per heavy atom. The molecule has 0 saturated carbocycles. The number of aryl methyl sites for hydroxylation is 1. The van der Waals surface area contributed by atoms with Gasteiger partial charge in [0.15, 0.2) is 0 Å². The number of benzene rings is 1. The van der Waals surface area contributed by atoms with E-state index in [9.17, 15) is 4.79 Å². The van der Waals surface area contributed by atoms with Crippen molar-refractivity contribution in [3.05, 3.63) is 29.8 Å². The molecule has 2 rings (SSSR count). The van der Waals surface area contributed by atoms with Crippen LogP contribution in [-0.4, -0.2) is 38.1 Å². The van der Waals surface area contributed by atoms with E-state index in [0.29, 0.717) is 19.1 Å². The van der Waals surface area contributed by atoms with Gasteiger partial charge in [-0.3, -0.25) is 4.79 Å². The summed E-state index contributed by atoms with van der Waals surface area (Å²) in [6.45, 7) is 5.59. The van der Waals surface area contributed by atoms with Crippen molar-refractivity contribution in [1.82, 2.24) is 10.6 Å². The van der Waals surface area contributed by atoms with Gasteiger partial charge in [-0.15, -0.1) is 0 Å². The highest BCUT2D eigenvalue weighted by molar-refractivity contribution is 5.87. The van der Waals surface area contributed by atoms with Gasteiger partial charge in [-0.2, -0.15) is 0 Å². The molecule has 1 aliphatic rings. The second kappa shape index (κ2) is 5.40. The van der Waals surface area contributed by atoms with E-state index in [4.69, 9.17) is 0 Å². The summed E-state index contributed by atoms with van der Waals surface area (Å²) in [5.74, 6) is 0.103. The van der Waals surface area contributed by atoms with E-state index < -0.39 is 0 Å². The number of hydrogen-bond acceptors (Lipinski definition) is 3. The van der Waals surface area contributed by atoms with Crippen LogP contribution in [0.15, 0.2) is 24.3 Å². The van der Waals surface area contributed by atoms with Crippen LogP contribution >= 0.6 is 0 Å². The number of nitrogens with zero attached hydrogens (tertiary/aromatic N) is 1. The lowest BCUT2D eigenvalue weighted by atomic mass is 10.0. The summed E-state index contributed by atoms with van der Waals surface area (Å²) in [6.07, 6.45) is 0. The van der Waals surface area contributed by atoms with Crippen molar-refractivity contribution in [1.29, 1.82) is 0 Å². The molecule has 98 valence electrons. The third-order valence-electron chi connectivity index (χ3n) is 3.48. The molecule has 0 radical (unpaired) electrons. The maximum absolute atomic E-state index is 12.0. The summed E-state index contributed by atoms with van der Waals surface area (Å²) in [5.41, 5.74) is 2.36. The minimum absolute atomic E-state index is 0.103. The van der Waals surface area contributed by atoms with E-state index in [1.54, 1.807) is 0 Å². The lowest BCUT2D eigenvalue weighted by molar-refractivity contribution is -0.123. The predicted molar refractivity (Wildman–Crippen MR) is 73.8 cm³/mol. The van der Waals surface area contributed by atoms with Crippen LogP contribution in [0, 0.1) is 6.92 Å². The van der Waals surface area contributed by atoms with Gasteiger partial charge in [0.25, 0.3) is 0 Å². The van der Waals surface area contributed by atoms with Gasteiger partial charge in [0.05, 0.1) is 0 Å². The summed E-state index contributed by atoms with van der Waals surface area (Å²) in [6, 6.07) is 8.40. The summed E-state index contributed by atoms with van der Waals surface area (Å²) >= 11 is 0. The number of nitrogens with one attached hydrogen (secondary N) is 2. The first-order chi connectivity index (χ1) is 8.65. The number of likely N-dealkylation sites (N-methyl/N-ethyl adjacent to an activating group) is 1. The van der Waals surface area contributed by atoms with Crippen LogP contribution in [0.2, 0.25) is 0 Å². The summed E-state index contributed by atoms with van der Waals surface area (Å²) < 4.78 is 0. The Balaban J connectivity index is 2.36. The highest BCUT2D eigenvalue weighted by Crippen LogP contribution is 2.25. The number of piperazine rings is 1. The molecule has 0 spiro atoms. The average molecular weight is 247 g/mol. The quantitative estimate of drug-likeness (QED) is 0.834. The zero-order valence-corrected chi connectivity index (χ0v) is 11.2. The monoisotopic (exact) mass is 247 g/mol. The van der Waals surface area contributed by atoms with Gasteiger partial charge in [0.1, 0.15) is 6.04 Å². The van der Waals surface area contributed by atoms with E-state index in [1.807, 2.05) is 19.2 Å². The van der Waals surface area contributed by atoms with Crippen LogP contribution in [0.25, 0.3) is 0 Å². The maximum Gasteiger partial charge on any atom is 0.244 e. The lowest BCUT2D eigenvalue weighted by Crippen LogP contribution is -2.62. The lowest BCUT2D eigenvalue weighted by Gasteiger charge is -2.42. The fraction of sp³-hybridized carbons (Fsp3) is 0.500. The van der Waals surface area contributed by atoms with E-state index in [1.165, 1.54) is 5.56 Å². The molecule has 1 aromatic rings. The van der Waals surface area contributed by atoms with Gasteiger partial charge in [0.2, 0.25) is 5.91 Å². The molecule has 0 aromatic heterocycles. The van der Waals surface area contributed by atoms with Crippen molar-refractivity contribution in [2.75, 3.05) is 25.0 Å². The van der Waals surface area contributed by atoms with Gasteiger partial charge in [-0.25, -0.2) is 0 Å². The normalized spacial score (nSPS) is 23.9. The molecule has 2 atom stereocenters. The zero-order chi connectivity index (χ0) is 13.1. The molecule has 2 N–H and O–H groups in total. The molecule has 1 heterocycles.